The van der Waals surface area contributed by atoms with Gasteiger partial charge in [-0.05, 0) is 81.2 Å². The Morgan fingerprint density at radius 1 is 1.00 bits per heavy atom. The Morgan fingerprint density at radius 2 is 1.73 bits per heavy atom. The normalized spacial score (nSPS) is 20.0. The number of rotatable bonds is 5. The van der Waals surface area contributed by atoms with E-state index in [1.54, 1.807) is 12.3 Å². The SMILES string of the molecule is CN1CCC(N2CCN(c3c(C(=O)C4CC4)cnc4ccc(-c5cc(F)c(O)c(Cl)c5)cc34)CC2)CC1. The standard InChI is InChI=1S/C29H32ClFN4O2/c1-33-8-6-21(7-9-33)34-10-12-35(13-11-34)27-22-14-19(20-15-24(30)29(37)25(31)16-20)4-5-26(22)32-17-23(27)28(36)18-2-3-18/h4-5,14-18,21,37H,2-3,6-13H2,1H3. The number of likely N-dealkylation sites (tertiary alicyclic amines) is 1. The topological polar surface area (TPSA) is 59.9 Å². The summed E-state index contributed by atoms with van der Waals surface area (Å²) >= 11 is 6.07. The van der Waals surface area contributed by atoms with Crippen molar-refractivity contribution in [1.82, 2.24) is 14.8 Å². The number of hydrogen-bond acceptors (Lipinski definition) is 6. The van der Waals surface area contributed by atoms with Gasteiger partial charge in [-0.3, -0.25) is 14.7 Å². The molecule has 2 saturated heterocycles. The number of carbonyl (C=O) groups excluding carboxylic acids is 1. The lowest BCUT2D eigenvalue weighted by molar-refractivity contribution is 0.0966. The van der Waals surface area contributed by atoms with Crippen molar-refractivity contribution in [2.45, 2.75) is 31.7 Å². The molecule has 0 radical (unpaired) electrons. The lowest BCUT2D eigenvalue weighted by atomic mass is 9.97. The number of halogens is 2. The van der Waals surface area contributed by atoms with Gasteiger partial charge in [-0.25, -0.2) is 4.39 Å². The van der Waals surface area contributed by atoms with Crippen LogP contribution in [-0.2, 0) is 0 Å². The van der Waals surface area contributed by atoms with Crippen LogP contribution >= 0.6 is 11.6 Å². The van der Waals surface area contributed by atoms with Crippen molar-refractivity contribution < 1.29 is 14.3 Å². The largest absolute Gasteiger partial charge is 0.504 e. The predicted molar refractivity (Wildman–Crippen MR) is 145 cm³/mol. The van der Waals surface area contributed by atoms with Crippen LogP contribution in [0, 0.1) is 11.7 Å². The number of nitrogens with zero attached hydrogens (tertiary/aromatic N) is 4. The zero-order valence-corrected chi connectivity index (χ0v) is 21.8. The summed E-state index contributed by atoms with van der Waals surface area (Å²) in [5, 5.41) is 10.6. The minimum Gasteiger partial charge on any atom is -0.504 e. The van der Waals surface area contributed by atoms with Crippen LogP contribution in [0.3, 0.4) is 0 Å². The van der Waals surface area contributed by atoms with Gasteiger partial charge in [0.1, 0.15) is 0 Å². The highest BCUT2D eigenvalue weighted by Gasteiger charge is 2.35. The highest BCUT2D eigenvalue weighted by Crippen LogP contribution is 2.40. The molecule has 194 valence electrons. The predicted octanol–water partition coefficient (Wildman–Crippen LogP) is 5.21. The molecule has 1 aromatic heterocycles. The third kappa shape index (κ3) is 4.80. The van der Waals surface area contributed by atoms with Gasteiger partial charge >= 0.3 is 0 Å². The fraction of sp³-hybridized carbons (Fsp3) is 0.448. The molecule has 2 aliphatic heterocycles. The molecule has 0 amide bonds. The summed E-state index contributed by atoms with van der Waals surface area (Å²) in [6, 6.07) is 9.24. The number of pyridine rings is 1. The van der Waals surface area contributed by atoms with Gasteiger partial charge < -0.3 is 14.9 Å². The van der Waals surface area contributed by atoms with E-state index in [2.05, 4.69) is 26.7 Å². The maximum Gasteiger partial charge on any atom is 0.170 e. The molecular formula is C29H32ClFN4O2. The molecule has 3 heterocycles. The number of Topliss-reactive ketones (excluding diaryl/α,β-unsaturated/α-hetero) is 1. The first kappa shape index (κ1) is 24.6. The number of phenolic OH excluding ortho intramolecular Hbond substituents is 1. The fourth-order valence-corrected chi connectivity index (χ4v) is 6.06. The minimum atomic E-state index is -0.761. The molecule has 0 spiro atoms. The van der Waals surface area contributed by atoms with Crippen LogP contribution in [0.4, 0.5) is 10.1 Å². The van der Waals surface area contributed by atoms with Crippen molar-refractivity contribution in [1.29, 1.82) is 0 Å². The Labute approximate surface area is 221 Å². The van der Waals surface area contributed by atoms with Gasteiger partial charge in [0.15, 0.2) is 17.3 Å². The molecule has 1 aliphatic carbocycles. The molecule has 6 nitrogen and oxygen atoms in total. The molecule has 3 aliphatic rings. The molecule has 0 atom stereocenters. The van der Waals surface area contributed by atoms with Crippen LogP contribution in [0.5, 0.6) is 5.75 Å². The molecule has 2 aromatic carbocycles. The number of aromatic nitrogens is 1. The van der Waals surface area contributed by atoms with E-state index in [9.17, 15) is 14.3 Å². The fourth-order valence-electron chi connectivity index (χ4n) is 5.85. The molecule has 0 unspecified atom stereocenters. The van der Waals surface area contributed by atoms with Gasteiger partial charge in [0.05, 0.1) is 21.8 Å². The highest BCUT2D eigenvalue weighted by atomic mass is 35.5. The number of fused-ring (bicyclic) bond motifs is 1. The smallest absolute Gasteiger partial charge is 0.170 e. The zero-order chi connectivity index (χ0) is 25.7. The lowest BCUT2D eigenvalue weighted by Gasteiger charge is -2.43. The number of piperidine rings is 1. The van der Waals surface area contributed by atoms with Gasteiger partial charge in [0, 0.05) is 49.7 Å². The van der Waals surface area contributed by atoms with Gasteiger partial charge in [0.2, 0.25) is 0 Å². The van der Waals surface area contributed by atoms with Gasteiger partial charge in [-0.15, -0.1) is 0 Å². The van der Waals surface area contributed by atoms with Crippen molar-refractivity contribution in [3.63, 3.8) is 0 Å². The highest BCUT2D eigenvalue weighted by molar-refractivity contribution is 6.32. The van der Waals surface area contributed by atoms with Crippen LogP contribution in [-0.4, -0.2) is 78.0 Å². The minimum absolute atomic E-state index is 0.0314. The summed E-state index contributed by atoms with van der Waals surface area (Å²) in [6.45, 7) is 5.91. The summed E-state index contributed by atoms with van der Waals surface area (Å²) in [4.78, 5) is 25.4. The molecule has 1 N–H and O–H groups in total. The number of piperazine rings is 1. The van der Waals surface area contributed by atoms with E-state index in [4.69, 9.17) is 11.6 Å². The number of ketones is 1. The second-order valence-electron chi connectivity index (χ2n) is 10.7. The molecule has 8 heteroatoms. The lowest BCUT2D eigenvalue weighted by Crippen LogP contribution is -2.53. The summed E-state index contributed by atoms with van der Waals surface area (Å²) in [5.41, 5.74) is 3.76. The van der Waals surface area contributed by atoms with Gasteiger partial charge in [-0.1, -0.05) is 17.7 Å². The van der Waals surface area contributed by atoms with Crippen LogP contribution < -0.4 is 4.90 Å². The Hall–Kier alpha value is -2.74. The van der Waals surface area contributed by atoms with Crippen molar-refractivity contribution in [3.05, 3.63) is 52.9 Å². The first-order valence-electron chi connectivity index (χ1n) is 13.2. The maximum absolute atomic E-state index is 14.3. The van der Waals surface area contributed by atoms with Crippen molar-refractivity contribution in [3.8, 4) is 16.9 Å². The maximum atomic E-state index is 14.3. The van der Waals surface area contributed by atoms with Crippen molar-refractivity contribution >= 4 is 34.0 Å². The number of hydrogen-bond donors (Lipinski definition) is 1. The Kier molecular flexibility index (Phi) is 6.55. The third-order valence-corrected chi connectivity index (χ3v) is 8.53. The number of anilines is 1. The molecule has 37 heavy (non-hydrogen) atoms. The second kappa shape index (κ2) is 9.86. The average molecular weight is 523 g/mol. The van der Waals surface area contributed by atoms with E-state index in [0.29, 0.717) is 17.2 Å². The van der Waals surface area contributed by atoms with E-state index in [1.165, 1.54) is 18.9 Å². The van der Waals surface area contributed by atoms with E-state index in [0.717, 1.165) is 74.3 Å². The van der Waals surface area contributed by atoms with Crippen molar-refractivity contribution in [2.24, 2.45) is 5.92 Å². The van der Waals surface area contributed by atoms with Crippen LogP contribution in [0.15, 0.2) is 36.5 Å². The third-order valence-electron chi connectivity index (χ3n) is 8.24. The second-order valence-corrected chi connectivity index (χ2v) is 11.1. The Morgan fingerprint density at radius 3 is 2.41 bits per heavy atom. The Bertz CT molecular complexity index is 1320. The van der Waals surface area contributed by atoms with Crippen LogP contribution in [0.2, 0.25) is 5.02 Å². The average Bonchev–Trinajstić information content (AvgIpc) is 3.76. The molecular weight excluding hydrogens is 491 g/mol. The number of aromatic hydroxyl groups is 1. The monoisotopic (exact) mass is 522 g/mol. The first-order chi connectivity index (χ1) is 17.9. The van der Waals surface area contributed by atoms with E-state index in [-0.39, 0.29) is 16.7 Å². The summed E-state index contributed by atoms with van der Waals surface area (Å²) < 4.78 is 14.3. The van der Waals surface area contributed by atoms with E-state index >= 15 is 0 Å². The molecule has 0 bridgehead atoms. The van der Waals surface area contributed by atoms with E-state index in [1.807, 2.05) is 18.2 Å². The number of carbonyl (C=O) groups is 1. The Balaban J connectivity index is 1.37. The number of phenols is 1. The van der Waals surface area contributed by atoms with Crippen LogP contribution in [0.25, 0.3) is 22.0 Å². The molecule has 3 fully saturated rings. The molecule has 3 aromatic rings. The van der Waals surface area contributed by atoms with Gasteiger partial charge in [0.25, 0.3) is 0 Å². The zero-order valence-electron chi connectivity index (χ0n) is 21.1. The van der Waals surface area contributed by atoms with Crippen molar-refractivity contribution in [2.75, 3.05) is 51.2 Å². The number of benzene rings is 2. The first-order valence-corrected chi connectivity index (χ1v) is 13.6. The summed E-state index contributed by atoms with van der Waals surface area (Å²) in [5.74, 6) is -1.05. The molecule has 1 saturated carbocycles. The van der Waals surface area contributed by atoms with Crippen LogP contribution in [0.1, 0.15) is 36.0 Å². The quantitative estimate of drug-likeness (QED) is 0.464. The summed E-state index contributed by atoms with van der Waals surface area (Å²) in [7, 11) is 2.19. The molecule has 6 rings (SSSR count). The van der Waals surface area contributed by atoms with Gasteiger partial charge in [-0.2, -0.15) is 0 Å². The van der Waals surface area contributed by atoms with E-state index < -0.39 is 11.6 Å². The summed E-state index contributed by atoms with van der Waals surface area (Å²) in [6.07, 6.45) is 6.03.